The van der Waals surface area contributed by atoms with E-state index in [2.05, 4.69) is 10.3 Å². The minimum Gasteiger partial charge on any atom is -0.361 e. The molecule has 1 aliphatic rings. The van der Waals surface area contributed by atoms with E-state index in [9.17, 15) is 14.4 Å². The monoisotopic (exact) mass is 290 g/mol. The van der Waals surface area contributed by atoms with Crippen molar-refractivity contribution in [1.29, 1.82) is 0 Å². The number of likely N-dealkylation sites (tertiary alicyclic amines) is 1. The van der Waals surface area contributed by atoms with E-state index in [4.69, 9.17) is 5.73 Å². The second-order valence-electron chi connectivity index (χ2n) is 5.05. The highest BCUT2D eigenvalue weighted by atomic mass is 16.2. The number of primary amides is 1. The number of nitrogens with zero attached hydrogens (tertiary/aromatic N) is 2. The number of carbonyl (C=O) groups excluding carboxylic acids is 3. The Morgan fingerprint density at radius 2 is 1.86 bits per heavy atom. The molecule has 21 heavy (non-hydrogen) atoms. The van der Waals surface area contributed by atoms with Gasteiger partial charge in [0.25, 0.3) is 5.91 Å². The molecule has 1 aromatic heterocycles. The third kappa shape index (κ3) is 4.01. The number of piperidine rings is 1. The molecular formula is C14H18N4O3. The second kappa shape index (κ2) is 6.83. The molecule has 3 N–H and O–H groups in total. The molecule has 7 heteroatoms. The number of pyridine rings is 1. The lowest BCUT2D eigenvalue weighted by Crippen LogP contribution is -2.43. The van der Waals surface area contributed by atoms with Gasteiger partial charge in [-0.2, -0.15) is 0 Å². The molecular weight excluding hydrogens is 272 g/mol. The Kier molecular flexibility index (Phi) is 4.86. The molecule has 0 unspecified atom stereocenters. The molecule has 3 amide bonds. The zero-order valence-corrected chi connectivity index (χ0v) is 11.6. The fraction of sp³-hybridized carbons (Fsp3) is 0.429. The lowest BCUT2D eigenvalue weighted by molar-refractivity contribution is -0.137. The number of hydrogen-bond acceptors (Lipinski definition) is 4. The highest BCUT2D eigenvalue weighted by molar-refractivity contribution is 6.34. The minimum atomic E-state index is -0.972. The third-order valence-electron chi connectivity index (χ3n) is 3.60. The molecule has 112 valence electrons. The van der Waals surface area contributed by atoms with E-state index in [1.807, 2.05) is 0 Å². The Morgan fingerprint density at radius 3 is 2.43 bits per heavy atom. The van der Waals surface area contributed by atoms with Crippen LogP contribution in [0.5, 0.6) is 0 Å². The zero-order chi connectivity index (χ0) is 15.2. The lowest BCUT2D eigenvalue weighted by atomic mass is 9.96. The third-order valence-corrected chi connectivity index (χ3v) is 3.60. The van der Waals surface area contributed by atoms with Crippen LogP contribution in [-0.4, -0.2) is 47.2 Å². The average molecular weight is 290 g/mol. The molecule has 0 atom stereocenters. The fourth-order valence-corrected chi connectivity index (χ4v) is 2.34. The molecule has 0 aliphatic carbocycles. The average Bonchev–Trinajstić information content (AvgIpc) is 2.53. The van der Waals surface area contributed by atoms with E-state index in [0.29, 0.717) is 25.2 Å². The van der Waals surface area contributed by atoms with Crippen molar-refractivity contribution in [3.8, 4) is 0 Å². The van der Waals surface area contributed by atoms with Crippen LogP contribution in [0, 0.1) is 5.92 Å². The summed E-state index contributed by atoms with van der Waals surface area (Å²) in [6.07, 6.45) is 4.77. The molecule has 0 bridgehead atoms. The summed E-state index contributed by atoms with van der Waals surface area (Å²) >= 11 is 0. The van der Waals surface area contributed by atoms with E-state index >= 15 is 0 Å². The smallest absolute Gasteiger partial charge is 0.309 e. The number of amides is 3. The Labute approximate surface area is 122 Å². The molecule has 1 aromatic rings. The highest BCUT2D eigenvalue weighted by Crippen LogP contribution is 2.18. The normalized spacial score (nSPS) is 15.5. The van der Waals surface area contributed by atoms with Crippen LogP contribution in [0.2, 0.25) is 0 Å². The van der Waals surface area contributed by atoms with Gasteiger partial charge in [-0.25, -0.2) is 0 Å². The summed E-state index contributed by atoms with van der Waals surface area (Å²) < 4.78 is 0. The van der Waals surface area contributed by atoms with E-state index < -0.39 is 11.8 Å². The molecule has 2 heterocycles. The Hall–Kier alpha value is -2.44. The van der Waals surface area contributed by atoms with Gasteiger partial charge in [-0.1, -0.05) is 0 Å². The van der Waals surface area contributed by atoms with Crippen LogP contribution in [0.1, 0.15) is 23.2 Å². The molecule has 2 rings (SSSR count). The van der Waals surface area contributed by atoms with Gasteiger partial charge in [0.15, 0.2) is 0 Å². The van der Waals surface area contributed by atoms with Crippen LogP contribution < -0.4 is 11.1 Å². The highest BCUT2D eigenvalue weighted by Gasteiger charge is 2.24. The van der Waals surface area contributed by atoms with Crippen molar-refractivity contribution >= 4 is 17.7 Å². The van der Waals surface area contributed by atoms with Crippen molar-refractivity contribution in [2.45, 2.75) is 12.8 Å². The van der Waals surface area contributed by atoms with Gasteiger partial charge < -0.3 is 16.0 Å². The molecule has 0 aromatic carbocycles. The summed E-state index contributed by atoms with van der Waals surface area (Å²) in [5.41, 5.74) is 5.50. The first-order valence-electron chi connectivity index (χ1n) is 6.85. The van der Waals surface area contributed by atoms with E-state index in [0.717, 1.165) is 12.8 Å². The van der Waals surface area contributed by atoms with Gasteiger partial charge >= 0.3 is 11.8 Å². The van der Waals surface area contributed by atoms with Gasteiger partial charge in [0.05, 0.1) is 0 Å². The second-order valence-corrected chi connectivity index (χ2v) is 5.05. The van der Waals surface area contributed by atoms with E-state index in [1.54, 1.807) is 29.4 Å². The van der Waals surface area contributed by atoms with Crippen LogP contribution >= 0.6 is 0 Å². The minimum absolute atomic E-state index is 0.00276. The molecule has 1 aliphatic heterocycles. The molecule has 0 radical (unpaired) electrons. The van der Waals surface area contributed by atoms with Crippen molar-refractivity contribution in [2.24, 2.45) is 11.7 Å². The first kappa shape index (κ1) is 15.0. The first-order chi connectivity index (χ1) is 10.1. The van der Waals surface area contributed by atoms with Crippen molar-refractivity contribution in [3.05, 3.63) is 30.1 Å². The van der Waals surface area contributed by atoms with Crippen LogP contribution in [0.3, 0.4) is 0 Å². The summed E-state index contributed by atoms with van der Waals surface area (Å²) in [5, 5.41) is 2.50. The number of rotatable bonds is 3. The largest absolute Gasteiger partial charge is 0.361 e. The summed E-state index contributed by atoms with van der Waals surface area (Å²) in [5.74, 6) is -1.47. The van der Waals surface area contributed by atoms with Gasteiger partial charge in [-0.05, 0) is 30.9 Å². The quantitative estimate of drug-likeness (QED) is 0.734. The maximum absolute atomic E-state index is 12.2. The van der Waals surface area contributed by atoms with Crippen molar-refractivity contribution in [1.82, 2.24) is 15.2 Å². The van der Waals surface area contributed by atoms with Gasteiger partial charge in [0, 0.05) is 37.6 Å². The number of hydrogen-bond donors (Lipinski definition) is 2. The lowest BCUT2D eigenvalue weighted by Gasteiger charge is -2.32. The van der Waals surface area contributed by atoms with Crippen LogP contribution in [-0.2, 0) is 9.59 Å². The van der Waals surface area contributed by atoms with Crippen LogP contribution in [0.25, 0.3) is 0 Å². The predicted octanol–water partition coefficient (Wildman–Crippen LogP) is -0.465. The van der Waals surface area contributed by atoms with Gasteiger partial charge in [0.1, 0.15) is 0 Å². The maximum Gasteiger partial charge on any atom is 0.309 e. The maximum atomic E-state index is 12.2. The van der Waals surface area contributed by atoms with Crippen molar-refractivity contribution in [2.75, 3.05) is 19.6 Å². The first-order valence-corrected chi connectivity index (χ1v) is 6.85. The van der Waals surface area contributed by atoms with E-state index in [1.165, 1.54) is 0 Å². The summed E-state index contributed by atoms with van der Waals surface area (Å²) in [4.78, 5) is 39.6. The van der Waals surface area contributed by atoms with Crippen molar-refractivity contribution < 1.29 is 14.4 Å². The van der Waals surface area contributed by atoms with E-state index in [-0.39, 0.29) is 11.8 Å². The molecule has 1 saturated heterocycles. The summed E-state index contributed by atoms with van der Waals surface area (Å²) in [6, 6.07) is 3.39. The fourth-order valence-electron chi connectivity index (χ4n) is 2.34. The van der Waals surface area contributed by atoms with Crippen LogP contribution in [0.15, 0.2) is 24.5 Å². The van der Waals surface area contributed by atoms with Crippen LogP contribution in [0.4, 0.5) is 0 Å². The SMILES string of the molecule is NC(=O)C(=O)NCC1CCN(C(=O)c2ccncc2)CC1. The van der Waals surface area contributed by atoms with Gasteiger partial charge in [-0.15, -0.1) is 0 Å². The molecule has 7 nitrogen and oxygen atoms in total. The topological polar surface area (TPSA) is 105 Å². The summed E-state index contributed by atoms with van der Waals surface area (Å²) in [7, 11) is 0. The molecule has 0 saturated carbocycles. The standard InChI is InChI=1S/C14H18N4O3/c15-12(19)13(20)17-9-10-3-7-18(8-4-10)14(21)11-1-5-16-6-2-11/h1-2,5-6,10H,3-4,7-9H2,(H2,15,19)(H,17,20). The Morgan fingerprint density at radius 1 is 1.24 bits per heavy atom. The number of nitrogens with one attached hydrogen (secondary N) is 1. The Bertz CT molecular complexity index is 524. The summed E-state index contributed by atoms with van der Waals surface area (Å²) in [6.45, 7) is 1.69. The number of aromatic nitrogens is 1. The number of nitrogens with two attached hydrogens (primary N) is 1. The van der Waals surface area contributed by atoms with Gasteiger partial charge in [0.2, 0.25) is 0 Å². The number of carbonyl (C=O) groups is 3. The molecule has 1 fully saturated rings. The molecule has 0 spiro atoms. The van der Waals surface area contributed by atoms with Gasteiger partial charge in [-0.3, -0.25) is 19.4 Å². The Balaban J connectivity index is 1.79. The predicted molar refractivity (Wildman–Crippen MR) is 75.1 cm³/mol. The van der Waals surface area contributed by atoms with Crippen molar-refractivity contribution in [3.63, 3.8) is 0 Å². The zero-order valence-electron chi connectivity index (χ0n) is 11.6.